The summed E-state index contributed by atoms with van der Waals surface area (Å²) in [5.74, 6) is 0.609. The summed E-state index contributed by atoms with van der Waals surface area (Å²) in [5.41, 5.74) is 3.75. The van der Waals surface area contributed by atoms with E-state index in [9.17, 15) is 4.79 Å². The number of hydrogen-bond acceptors (Lipinski definition) is 4. The van der Waals surface area contributed by atoms with Gasteiger partial charge in [-0.15, -0.1) is 0 Å². The Bertz CT molecular complexity index is 1070. The van der Waals surface area contributed by atoms with E-state index in [1.54, 1.807) is 25.6 Å². The Balaban J connectivity index is 1.49. The van der Waals surface area contributed by atoms with Crippen LogP contribution in [0.2, 0.25) is 0 Å². The van der Waals surface area contributed by atoms with E-state index in [2.05, 4.69) is 25.5 Å². The first-order valence-electron chi connectivity index (χ1n) is 8.13. The number of benzene rings is 1. The number of rotatable bonds is 5. The lowest BCUT2D eigenvalue weighted by molar-refractivity contribution is 0.0951. The maximum Gasteiger partial charge on any atom is 0.253 e. The van der Waals surface area contributed by atoms with Crippen LogP contribution in [0.15, 0.2) is 54.9 Å². The van der Waals surface area contributed by atoms with Crippen molar-refractivity contribution >= 4 is 16.9 Å². The second-order valence-corrected chi connectivity index (χ2v) is 5.81. The number of hydrogen-bond donors (Lipinski definition) is 3. The zero-order valence-corrected chi connectivity index (χ0v) is 14.1. The van der Waals surface area contributed by atoms with Gasteiger partial charge in [-0.25, -0.2) is 4.98 Å². The molecule has 4 rings (SSSR count). The molecule has 3 N–H and O–H groups in total. The van der Waals surface area contributed by atoms with Crippen molar-refractivity contribution in [1.29, 1.82) is 0 Å². The van der Waals surface area contributed by atoms with E-state index < -0.39 is 0 Å². The third-order valence-electron chi connectivity index (χ3n) is 4.13. The highest BCUT2D eigenvalue weighted by Gasteiger charge is 2.13. The Morgan fingerprint density at radius 3 is 3.04 bits per heavy atom. The minimum atomic E-state index is -0.155. The highest BCUT2D eigenvalue weighted by molar-refractivity contribution is 5.97. The van der Waals surface area contributed by atoms with Crippen molar-refractivity contribution in [3.63, 3.8) is 0 Å². The molecule has 0 atom stereocenters. The smallest absolute Gasteiger partial charge is 0.253 e. The van der Waals surface area contributed by atoms with Gasteiger partial charge < -0.3 is 15.0 Å². The number of pyridine rings is 1. The zero-order chi connectivity index (χ0) is 17.9. The SMILES string of the molecule is COc1cccc(CNC(=O)c2c[nH]c(-c3[nH]nc4ncccc34)c2)c1. The molecule has 7 heteroatoms. The Hall–Kier alpha value is -3.61. The molecule has 130 valence electrons. The lowest BCUT2D eigenvalue weighted by Gasteiger charge is -2.06. The van der Waals surface area contributed by atoms with Crippen LogP contribution in [0.25, 0.3) is 22.4 Å². The molecule has 0 bridgehead atoms. The van der Waals surface area contributed by atoms with Gasteiger partial charge in [0, 0.05) is 24.3 Å². The monoisotopic (exact) mass is 347 g/mol. The average Bonchev–Trinajstić information content (AvgIpc) is 3.33. The van der Waals surface area contributed by atoms with Crippen molar-refractivity contribution in [2.24, 2.45) is 0 Å². The van der Waals surface area contributed by atoms with Crippen LogP contribution in [0.4, 0.5) is 0 Å². The summed E-state index contributed by atoms with van der Waals surface area (Å²) in [6, 6.07) is 13.2. The molecule has 0 saturated carbocycles. The summed E-state index contributed by atoms with van der Waals surface area (Å²) in [6.07, 6.45) is 3.37. The standard InChI is InChI=1S/C19H17N5O2/c1-26-14-5-2-4-12(8-14)10-22-19(25)13-9-16(21-11-13)17-15-6-3-7-20-18(15)24-23-17/h2-9,11,21H,10H2,1H3,(H,22,25)(H,20,23,24). The van der Waals surface area contributed by atoms with Gasteiger partial charge in [0.25, 0.3) is 5.91 Å². The number of methoxy groups -OCH3 is 1. The number of H-pyrrole nitrogens is 2. The predicted molar refractivity (Wildman–Crippen MR) is 97.8 cm³/mol. The first-order valence-corrected chi connectivity index (χ1v) is 8.13. The van der Waals surface area contributed by atoms with Gasteiger partial charge in [0.05, 0.1) is 24.1 Å². The highest BCUT2D eigenvalue weighted by atomic mass is 16.5. The quantitative estimate of drug-likeness (QED) is 0.517. The van der Waals surface area contributed by atoms with Gasteiger partial charge in [-0.1, -0.05) is 12.1 Å². The van der Waals surface area contributed by atoms with Crippen LogP contribution in [-0.2, 0) is 6.54 Å². The zero-order valence-electron chi connectivity index (χ0n) is 14.1. The lowest BCUT2D eigenvalue weighted by atomic mass is 10.2. The minimum Gasteiger partial charge on any atom is -0.497 e. The van der Waals surface area contributed by atoms with Crippen LogP contribution in [0.3, 0.4) is 0 Å². The molecule has 1 aromatic carbocycles. The summed E-state index contributed by atoms with van der Waals surface area (Å²) >= 11 is 0. The molecule has 0 aliphatic heterocycles. The second kappa shape index (κ2) is 6.72. The van der Waals surface area contributed by atoms with E-state index in [0.717, 1.165) is 28.1 Å². The van der Waals surface area contributed by atoms with Crippen LogP contribution in [0, 0.1) is 0 Å². The van der Waals surface area contributed by atoms with Gasteiger partial charge in [0.15, 0.2) is 5.65 Å². The van der Waals surface area contributed by atoms with Crippen LogP contribution < -0.4 is 10.1 Å². The molecule has 7 nitrogen and oxygen atoms in total. The molecule has 0 aliphatic rings. The minimum absolute atomic E-state index is 0.155. The molecule has 0 spiro atoms. The summed E-state index contributed by atoms with van der Waals surface area (Å²) in [4.78, 5) is 19.7. The fourth-order valence-corrected chi connectivity index (χ4v) is 2.79. The molecular formula is C19H17N5O2. The van der Waals surface area contributed by atoms with Gasteiger partial charge in [0.1, 0.15) is 5.75 Å². The number of carbonyl (C=O) groups excluding carboxylic acids is 1. The fourth-order valence-electron chi connectivity index (χ4n) is 2.79. The number of aromatic nitrogens is 4. The van der Waals surface area contributed by atoms with E-state index in [0.29, 0.717) is 17.8 Å². The normalized spacial score (nSPS) is 10.8. The number of ether oxygens (including phenoxy) is 1. The van der Waals surface area contributed by atoms with E-state index >= 15 is 0 Å². The predicted octanol–water partition coefficient (Wildman–Crippen LogP) is 2.89. The molecule has 0 saturated heterocycles. The number of fused-ring (bicyclic) bond motifs is 1. The van der Waals surface area contributed by atoms with Crippen molar-refractivity contribution in [3.05, 3.63) is 66.0 Å². The number of nitrogens with zero attached hydrogens (tertiary/aromatic N) is 2. The maximum absolute atomic E-state index is 12.4. The third kappa shape index (κ3) is 3.02. The van der Waals surface area contributed by atoms with E-state index in [4.69, 9.17) is 4.74 Å². The van der Waals surface area contributed by atoms with Gasteiger partial charge in [0.2, 0.25) is 0 Å². The lowest BCUT2D eigenvalue weighted by Crippen LogP contribution is -2.22. The summed E-state index contributed by atoms with van der Waals surface area (Å²) < 4.78 is 5.19. The van der Waals surface area contributed by atoms with Crippen LogP contribution in [0.1, 0.15) is 15.9 Å². The molecule has 3 aromatic heterocycles. The number of aromatic amines is 2. The summed E-state index contributed by atoms with van der Waals surface area (Å²) in [5, 5.41) is 10.9. The maximum atomic E-state index is 12.4. The van der Waals surface area contributed by atoms with Gasteiger partial charge >= 0.3 is 0 Å². The fraction of sp³-hybridized carbons (Fsp3) is 0.105. The summed E-state index contributed by atoms with van der Waals surface area (Å²) in [6.45, 7) is 0.424. The molecule has 0 radical (unpaired) electrons. The molecule has 1 amide bonds. The molecule has 0 unspecified atom stereocenters. The Morgan fingerprint density at radius 2 is 2.15 bits per heavy atom. The molecule has 0 aliphatic carbocycles. The van der Waals surface area contributed by atoms with Gasteiger partial charge in [-0.05, 0) is 35.9 Å². The van der Waals surface area contributed by atoms with Crippen LogP contribution >= 0.6 is 0 Å². The Morgan fingerprint density at radius 1 is 1.23 bits per heavy atom. The van der Waals surface area contributed by atoms with Crippen molar-refractivity contribution in [2.45, 2.75) is 6.54 Å². The number of carbonyl (C=O) groups is 1. The molecule has 26 heavy (non-hydrogen) atoms. The van der Waals surface area contributed by atoms with Crippen molar-refractivity contribution < 1.29 is 9.53 Å². The molecular weight excluding hydrogens is 330 g/mol. The average molecular weight is 347 g/mol. The largest absolute Gasteiger partial charge is 0.497 e. The highest BCUT2D eigenvalue weighted by Crippen LogP contribution is 2.24. The van der Waals surface area contributed by atoms with Crippen LogP contribution in [-0.4, -0.2) is 33.2 Å². The van der Waals surface area contributed by atoms with E-state index in [-0.39, 0.29) is 5.91 Å². The number of nitrogens with one attached hydrogen (secondary N) is 3. The first-order chi connectivity index (χ1) is 12.7. The van der Waals surface area contributed by atoms with Crippen molar-refractivity contribution in [3.8, 4) is 17.1 Å². The molecule has 4 aromatic rings. The van der Waals surface area contributed by atoms with Gasteiger partial charge in [-0.3, -0.25) is 9.89 Å². The van der Waals surface area contributed by atoms with Crippen LogP contribution in [0.5, 0.6) is 5.75 Å². The molecule has 0 fully saturated rings. The Labute approximate surface area is 149 Å². The Kier molecular flexibility index (Phi) is 4.10. The molecule has 3 heterocycles. The second-order valence-electron chi connectivity index (χ2n) is 5.81. The topological polar surface area (TPSA) is 95.7 Å². The first kappa shape index (κ1) is 15.9. The number of amides is 1. The van der Waals surface area contributed by atoms with Crippen molar-refractivity contribution in [1.82, 2.24) is 25.5 Å². The van der Waals surface area contributed by atoms with Gasteiger partial charge in [-0.2, -0.15) is 5.10 Å². The van der Waals surface area contributed by atoms with E-state index in [1.165, 1.54) is 0 Å². The third-order valence-corrected chi connectivity index (χ3v) is 4.13. The van der Waals surface area contributed by atoms with Crippen molar-refractivity contribution in [2.75, 3.05) is 7.11 Å². The summed E-state index contributed by atoms with van der Waals surface area (Å²) in [7, 11) is 1.62. The van der Waals surface area contributed by atoms with E-state index in [1.807, 2.05) is 36.4 Å².